The summed E-state index contributed by atoms with van der Waals surface area (Å²) < 4.78 is 2.48. The molecule has 0 atom stereocenters. The normalized spacial score (nSPS) is 12.8. The maximum absolute atomic E-state index is 2.48. The predicted octanol–water partition coefficient (Wildman–Crippen LogP) is 12.7. The lowest BCUT2D eigenvalue weighted by molar-refractivity contribution is 1.07. The van der Waals surface area contributed by atoms with E-state index in [1.807, 2.05) is 0 Å². The van der Waals surface area contributed by atoms with Crippen molar-refractivity contribution < 1.29 is 0 Å². The highest BCUT2D eigenvalue weighted by atomic mass is 15.0. The van der Waals surface area contributed by atoms with E-state index in [0.29, 0.717) is 0 Å². The summed E-state index contributed by atoms with van der Waals surface area (Å²) in [6, 6.07) is 55.6. The Morgan fingerprint density at radius 1 is 0.558 bits per heavy atom. The van der Waals surface area contributed by atoms with Gasteiger partial charge in [-0.05, 0) is 124 Å². The zero-order chi connectivity index (χ0) is 35.2. The number of aryl methyl sites for hydroxylation is 1. The smallest absolute Gasteiger partial charge is 0.0625 e. The van der Waals surface area contributed by atoms with E-state index < -0.39 is 0 Å². The van der Waals surface area contributed by atoms with Gasteiger partial charge in [-0.1, -0.05) is 145 Å². The molecule has 1 aliphatic rings. The summed E-state index contributed by atoms with van der Waals surface area (Å²) >= 11 is 0. The molecule has 8 aromatic carbocycles. The number of aromatic nitrogens is 1. The van der Waals surface area contributed by atoms with Crippen molar-refractivity contribution in [2.45, 2.75) is 33.6 Å². The van der Waals surface area contributed by atoms with Crippen LogP contribution < -0.4 is 10.4 Å². The minimum absolute atomic E-state index is 1.18. The van der Waals surface area contributed by atoms with Gasteiger partial charge in [-0.2, -0.15) is 0 Å². The molecule has 1 nitrogen and oxygen atoms in total. The van der Waals surface area contributed by atoms with Gasteiger partial charge in [-0.25, -0.2) is 0 Å². The molecule has 0 saturated heterocycles. The quantitative estimate of drug-likeness (QED) is 0.165. The molecule has 0 unspecified atom stereocenters. The van der Waals surface area contributed by atoms with Gasteiger partial charge in [0.2, 0.25) is 0 Å². The first-order valence-corrected chi connectivity index (χ1v) is 18.4. The van der Waals surface area contributed by atoms with Crippen LogP contribution in [0.3, 0.4) is 0 Å². The van der Waals surface area contributed by atoms with Gasteiger partial charge in [0.25, 0.3) is 0 Å². The van der Waals surface area contributed by atoms with Crippen LogP contribution in [0.25, 0.3) is 88.7 Å². The Hall–Kier alpha value is -6.18. The molecular formula is C51H41N. The highest BCUT2D eigenvalue weighted by Gasteiger charge is 2.19. The highest BCUT2D eigenvalue weighted by molar-refractivity contribution is 6.32. The van der Waals surface area contributed by atoms with Gasteiger partial charge in [0.05, 0.1) is 11.0 Å². The van der Waals surface area contributed by atoms with E-state index in [0.717, 1.165) is 0 Å². The number of hydrogen-bond donors (Lipinski definition) is 0. The number of rotatable bonds is 3. The van der Waals surface area contributed by atoms with Crippen LogP contribution in [0.2, 0.25) is 0 Å². The van der Waals surface area contributed by atoms with Gasteiger partial charge >= 0.3 is 0 Å². The number of nitrogens with zero attached hydrogens (tertiary/aromatic N) is 1. The van der Waals surface area contributed by atoms with Crippen molar-refractivity contribution in [3.05, 3.63) is 179 Å². The van der Waals surface area contributed by atoms with Crippen molar-refractivity contribution in [2.75, 3.05) is 0 Å². The van der Waals surface area contributed by atoms with Crippen LogP contribution in [-0.4, -0.2) is 4.57 Å². The Bertz CT molecular complexity index is 2990. The van der Waals surface area contributed by atoms with Crippen molar-refractivity contribution >= 4 is 71.8 Å². The fourth-order valence-electron chi connectivity index (χ4n) is 8.26. The molecule has 10 rings (SSSR count). The molecule has 1 heteroatoms. The van der Waals surface area contributed by atoms with Gasteiger partial charge in [-0.3, -0.25) is 0 Å². The van der Waals surface area contributed by atoms with Gasteiger partial charge in [0.15, 0.2) is 0 Å². The summed E-state index contributed by atoms with van der Waals surface area (Å²) in [5.74, 6) is 0. The van der Waals surface area contributed by atoms with Crippen LogP contribution in [0.5, 0.6) is 0 Å². The van der Waals surface area contributed by atoms with Crippen LogP contribution in [-0.2, 0) is 0 Å². The predicted molar refractivity (Wildman–Crippen MR) is 227 cm³/mol. The average Bonchev–Trinajstić information content (AvgIpc) is 3.54. The Kier molecular flexibility index (Phi) is 8.05. The summed E-state index contributed by atoms with van der Waals surface area (Å²) in [5, 5.41) is 13.1. The van der Waals surface area contributed by atoms with Crippen molar-refractivity contribution in [1.82, 2.24) is 4.57 Å². The molecule has 1 aliphatic carbocycles. The van der Waals surface area contributed by atoms with Gasteiger partial charge in [0.1, 0.15) is 0 Å². The summed E-state index contributed by atoms with van der Waals surface area (Å²) in [7, 11) is 0. The topological polar surface area (TPSA) is 4.93 Å². The third kappa shape index (κ3) is 5.41. The number of allylic oxidation sites excluding steroid dienone is 1. The fraction of sp³-hybridized carbons (Fsp3) is 0.0980. The van der Waals surface area contributed by atoms with Crippen LogP contribution in [0, 0.1) is 6.92 Å². The van der Waals surface area contributed by atoms with E-state index in [-0.39, 0.29) is 0 Å². The second kappa shape index (κ2) is 13.2. The van der Waals surface area contributed by atoms with Crippen molar-refractivity contribution in [1.29, 1.82) is 0 Å². The first-order chi connectivity index (χ1) is 25.6. The number of fused-ring (bicyclic) bond motifs is 10. The first kappa shape index (κ1) is 31.8. The van der Waals surface area contributed by atoms with Gasteiger partial charge in [-0.15, -0.1) is 0 Å². The Morgan fingerprint density at radius 2 is 1.23 bits per heavy atom. The van der Waals surface area contributed by atoms with Crippen LogP contribution in [0.1, 0.15) is 37.8 Å². The van der Waals surface area contributed by atoms with Crippen molar-refractivity contribution in [3.8, 4) is 16.8 Å². The first-order valence-electron chi connectivity index (χ1n) is 18.4. The molecule has 9 aromatic rings. The minimum Gasteiger partial charge on any atom is -0.309 e. The highest BCUT2D eigenvalue weighted by Crippen LogP contribution is 2.43. The van der Waals surface area contributed by atoms with Gasteiger partial charge < -0.3 is 4.57 Å². The SMILES string of the molecule is C/C=C\c1cc(-c2ccc3c(c2)c2c4ccccc4c4ccccc4c2n3-c2ccc3ccccc3c2)ccc1C.CC1=c2ccccc2=CCC1. The number of hydrogen-bond acceptors (Lipinski definition) is 0. The zero-order valence-corrected chi connectivity index (χ0v) is 30.0. The Labute approximate surface area is 305 Å². The van der Waals surface area contributed by atoms with E-state index in [2.05, 4.69) is 195 Å². The molecule has 0 fully saturated rings. The molecule has 0 bridgehead atoms. The standard InChI is InChI=1S/C40H29N.C11H12/c1-3-10-28-23-30(18-17-26(28)2)31-20-22-38-37(25-31)39-35-15-8-6-13-33(35)34-14-7-9-16-36(34)40(39)41(38)32-21-19-27-11-4-5-12-29(27)24-32;1-9-5-4-7-10-6-2-3-8-11(9)10/h3-25H,1-2H3;2-3,6-8H,4-5H2,1H3/b10-3-;. The van der Waals surface area contributed by atoms with E-state index in [4.69, 9.17) is 0 Å². The molecule has 0 N–H and O–H groups in total. The lowest BCUT2D eigenvalue weighted by Gasteiger charge is -2.13. The molecule has 250 valence electrons. The summed E-state index contributed by atoms with van der Waals surface area (Å²) in [4.78, 5) is 0. The summed E-state index contributed by atoms with van der Waals surface area (Å²) in [5.41, 5.74) is 10.2. The van der Waals surface area contributed by atoms with Crippen molar-refractivity contribution in [3.63, 3.8) is 0 Å². The molecule has 0 saturated carbocycles. The third-order valence-electron chi connectivity index (χ3n) is 10.9. The monoisotopic (exact) mass is 667 g/mol. The lowest BCUT2D eigenvalue weighted by atomic mass is 9.95. The Morgan fingerprint density at radius 3 is 2.04 bits per heavy atom. The average molecular weight is 668 g/mol. The van der Waals surface area contributed by atoms with Crippen LogP contribution in [0.4, 0.5) is 0 Å². The number of benzene rings is 8. The van der Waals surface area contributed by atoms with E-state index in [9.17, 15) is 0 Å². The maximum Gasteiger partial charge on any atom is 0.0625 e. The molecule has 1 heterocycles. The maximum atomic E-state index is 2.48. The van der Waals surface area contributed by atoms with Crippen LogP contribution >= 0.6 is 0 Å². The molecule has 0 amide bonds. The summed E-state index contributed by atoms with van der Waals surface area (Å²) in [6.07, 6.45) is 9.08. The molecule has 1 aromatic heterocycles. The largest absolute Gasteiger partial charge is 0.309 e. The zero-order valence-electron chi connectivity index (χ0n) is 30.0. The van der Waals surface area contributed by atoms with Crippen molar-refractivity contribution in [2.24, 2.45) is 0 Å². The van der Waals surface area contributed by atoms with E-state index >= 15 is 0 Å². The Balaban J connectivity index is 0.000000279. The minimum atomic E-state index is 1.18. The lowest BCUT2D eigenvalue weighted by Crippen LogP contribution is -2.27. The second-order valence-electron chi connectivity index (χ2n) is 14.1. The second-order valence-corrected chi connectivity index (χ2v) is 14.1. The molecule has 52 heavy (non-hydrogen) atoms. The molecule has 0 aliphatic heterocycles. The fourth-order valence-corrected chi connectivity index (χ4v) is 8.26. The molecule has 0 spiro atoms. The summed E-state index contributed by atoms with van der Waals surface area (Å²) in [6.45, 7) is 6.48. The van der Waals surface area contributed by atoms with Gasteiger partial charge in [0, 0.05) is 21.8 Å². The third-order valence-corrected chi connectivity index (χ3v) is 10.9. The van der Waals surface area contributed by atoms with E-state index in [1.54, 1.807) is 0 Å². The molecular weight excluding hydrogens is 627 g/mol. The van der Waals surface area contributed by atoms with Crippen LogP contribution in [0.15, 0.2) is 158 Å². The van der Waals surface area contributed by atoms with E-state index in [1.165, 1.54) is 111 Å². The molecule has 0 radical (unpaired) electrons.